The lowest BCUT2D eigenvalue weighted by molar-refractivity contribution is -0.881. The van der Waals surface area contributed by atoms with Gasteiger partial charge in [0.15, 0.2) is 13.1 Å². The molecule has 1 rings (SSSR count). The number of anilines is 1. The van der Waals surface area contributed by atoms with Gasteiger partial charge in [0.1, 0.15) is 0 Å². The fourth-order valence-electron chi connectivity index (χ4n) is 2.36. The zero-order valence-corrected chi connectivity index (χ0v) is 17.7. The number of sulfonamides is 1. The molecule has 0 bridgehead atoms. The van der Waals surface area contributed by atoms with Crippen LogP contribution in [0, 0.1) is 0 Å². The highest BCUT2D eigenvalue weighted by molar-refractivity contribution is 7.89. The summed E-state index contributed by atoms with van der Waals surface area (Å²) in [5, 5.41) is 5.62. The molecule has 1 atom stereocenters. The van der Waals surface area contributed by atoms with Crippen molar-refractivity contribution in [3.63, 3.8) is 0 Å². The predicted octanol–water partition coefficient (Wildman–Crippen LogP) is -0.305. The van der Waals surface area contributed by atoms with E-state index in [1.165, 1.54) is 26.2 Å². The van der Waals surface area contributed by atoms with Crippen LogP contribution in [0.5, 0.6) is 0 Å². The lowest BCUT2D eigenvalue weighted by Gasteiger charge is -2.23. The maximum absolute atomic E-state index is 12.2. The van der Waals surface area contributed by atoms with Gasteiger partial charge in [-0.25, -0.2) is 12.7 Å². The van der Waals surface area contributed by atoms with E-state index < -0.39 is 10.0 Å². The SMILES string of the molecule is CC[NH+](CC(=O)Nc1ccc(S(=O)(=O)N(C)C)cc1)CC(=O)NC(C)(C)C. The average molecular weight is 400 g/mol. The number of carbonyl (C=O) groups excluding carboxylic acids is 2. The lowest BCUT2D eigenvalue weighted by atomic mass is 10.1. The van der Waals surface area contributed by atoms with Gasteiger partial charge in [-0.2, -0.15) is 0 Å². The Balaban J connectivity index is 2.66. The standard InChI is InChI=1S/C18H30N4O4S/c1-7-22(13-17(24)20-18(2,3)4)12-16(23)19-14-8-10-15(11-9-14)27(25,26)21(5)6/h8-11H,7,12-13H2,1-6H3,(H,19,23)(H,20,24)/p+1. The number of amides is 2. The minimum Gasteiger partial charge on any atom is -0.347 e. The number of hydrogen-bond donors (Lipinski definition) is 3. The second-order valence-corrected chi connectivity index (χ2v) is 9.77. The van der Waals surface area contributed by atoms with Crippen molar-refractivity contribution in [2.75, 3.05) is 39.0 Å². The van der Waals surface area contributed by atoms with E-state index in [0.29, 0.717) is 12.2 Å². The maximum atomic E-state index is 12.2. The molecule has 8 nitrogen and oxygen atoms in total. The van der Waals surface area contributed by atoms with Crippen molar-refractivity contribution in [3.05, 3.63) is 24.3 Å². The molecular formula is C18H31N4O4S+. The molecule has 0 saturated carbocycles. The number of carbonyl (C=O) groups is 2. The normalized spacial score (nSPS) is 13.3. The quantitative estimate of drug-likeness (QED) is 0.559. The topological polar surface area (TPSA) is 100 Å². The monoisotopic (exact) mass is 399 g/mol. The first-order valence-corrected chi connectivity index (χ1v) is 10.3. The van der Waals surface area contributed by atoms with Crippen molar-refractivity contribution in [1.29, 1.82) is 0 Å². The van der Waals surface area contributed by atoms with Gasteiger partial charge in [-0.3, -0.25) is 9.59 Å². The Morgan fingerprint density at radius 3 is 2.00 bits per heavy atom. The third-order valence-corrected chi connectivity index (χ3v) is 5.58. The molecule has 0 saturated heterocycles. The molecule has 0 heterocycles. The van der Waals surface area contributed by atoms with Crippen LogP contribution in [0.3, 0.4) is 0 Å². The van der Waals surface area contributed by atoms with Gasteiger partial charge in [-0.1, -0.05) is 0 Å². The molecule has 1 aromatic carbocycles. The average Bonchev–Trinajstić information content (AvgIpc) is 2.52. The minimum atomic E-state index is -3.50. The van der Waals surface area contributed by atoms with Crippen LogP contribution in [0.25, 0.3) is 0 Å². The fraction of sp³-hybridized carbons (Fsp3) is 0.556. The smallest absolute Gasteiger partial charge is 0.279 e. The van der Waals surface area contributed by atoms with Gasteiger partial charge in [-0.05, 0) is 52.0 Å². The molecule has 3 N–H and O–H groups in total. The molecule has 0 aromatic heterocycles. The Hall–Kier alpha value is -1.97. The van der Waals surface area contributed by atoms with Gasteiger partial charge in [0.25, 0.3) is 11.8 Å². The van der Waals surface area contributed by atoms with Gasteiger partial charge in [0.2, 0.25) is 10.0 Å². The van der Waals surface area contributed by atoms with Crippen LogP contribution < -0.4 is 15.5 Å². The summed E-state index contributed by atoms with van der Waals surface area (Å²) in [6.07, 6.45) is 0. The third kappa shape index (κ3) is 7.66. The van der Waals surface area contributed by atoms with Crippen molar-refractivity contribution in [3.8, 4) is 0 Å². The first kappa shape index (κ1) is 23.1. The Labute approximate surface area is 162 Å². The molecule has 0 spiro atoms. The number of nitrogens with zero attached hydrogens (tertiary/aromatic N) is 1. The fourth-order valence-corrected chi connectivity index (χ4v) is 3.26. The largest absolute Gasteiger partial charge is 0.347 e. The molecule has 2 amide bonds. The number of quaternary nitrogens is 1. The van der Waals surface area contributed by atoms with Gasteiger partial charge in [-0.15, -0.1) is 0 Å². The summed E-state index contributed by atoms with van der Waals surface area (Å²) < 4.78 is 25.2. The molecule has 0 aliphatic carbocycles. The zero-order valence-electron chi connectivity index (χ0n) is 16.9. The molecule has 1 aromatic rings. The second kappa shape index (κ2) is 9.29. The molecule has 0 aliphatic heterocycles. The molecule has 27 heavy (non-hydrogen) atoms. The van der Waals surface area contributed by atoms with Crippen LogP contribution in [0.1, 0.15) is 27.7 Å². The first-order chi connectivity index (χ1) is 12.3. The van der Waals surface area contributed by atoms with Crippen LogP contribution in [0.2, 0.25) is 0 Å². The summed E-state index contributed by atoms with van der Waals surface area (Å²) in [7, 11) is -0.579. The Kier molecular flexibility index (Phi) is 7.94. The van der Waals surface area contributed by atoms with Crippen LogP contribution >= 0.6 is 0 Å². The Morgan fingerprint density at radius 2 is 1.56 bits per heavy atom. The molecular weight excluding hydrogens is 368 g/mol. The van der Waals surface area contributed by atoms with Crippen molar-refractivity contribution in [2.45, 2.75) is 38.1 Å². The van der Waals surface area contributed by atoms with E-state index in [9.17, 15) is 18.0 Å². The van der Waals surface area contributed by atoms with E-state index in [1.807, 2.05) is 27.7 Å². The Bertz CT molecular complexity index is 753. The number of hydrogen-bond acceptors (Lipinski definition) is 4. The van der Waals surface area contributed by atoms with Crippen molar-refractivity contribution in [1.82, 2.24) is 9.62 Å². The van der Waals surface area contributed by atoms with Crippen molar-refractivity contribution in [2.24, 2.45) is 0 Å². The summed E-state index contributed by atoms with van der Waals surface area (Å²) in [6, 6.07) is 6.00. The zero-order chi connectivity index (χ0) is 20.8. The summed E-state index contributed by atoms with van der Waals surface area (Å²) in [4.78, 5) is 25.3. The highest BCUT2D eigenvalue weighted by Gasteiger charge is 2.21. The van der Waals surface area contributed by atoms with Crippen LogP contribution in [0.15, 0.2) is 29.2 Å². The molecule has 9 heteroatoms. The summed E-state index contributed by atoms with van der Waals surface area (Å²) in [5.41, 5.74) is 0.194. The van der Waals surface area contributed by atoms with E-state index in [-0.39, 0.29) is 35.3 Å². The molecule has 1 unspecified atom stereocenters. The van der Waals surface area contributed by atoms with Gasteiger partial charge in [0.05, 0.1) is 11.4 Å². The highest BCUT2D eigenvalue weighted by atomic mass is 32.2. The first-order valence-electron chi connectivity index (χ1n) is 8.82. The summed E-state index contributed by atoms with van der Waals surface area (Å²) in [5.74, 6) is -0.343. The van der Waals surface area contributed by atoms with Crippen molar-refractivity contribution < 1.29 is 22.9 Å². The van der Waals surface area contributed by atoms with Crippen LogP contribution in [-0.4, -0.2) is 63.8 Å². The maximum Gasteiger partial charge on any atom is 0.279 e. The van der Waals surface area contributed by atoms with E-state index >= 15 is 0 Å². The van der Waals surface area contributed by atoms with E-state index in [4.69, 9.17) is 0 Å². The van der Waals surface area contributed by atoms with E-state index in [1.54, 1.807) is 12.1 Å². The number of nitrogens with one attached hydrogen (secondary N) is 3. The number of rotatable bonds is 8. The Morgan fingerprint density at radius 1 is 1.04 bits per heavy atom. The molecule has 0 aliphatic rings. The van der Waals surface area contributed by atoms with Gasteiger partial charge in [0, 0.05) is 25.3 Å². The molecule has 152 valence electrons. The number of benzene rings is 1. The second-order valence-electron chi connectivity index (χ2n) is 7.62. The van der Waals surface area contributed by atoms with E-state index in [0.717, 1.165) is 9.21 Å². The van der Waals surface area contributed by atoms with Crippen molar-refractivity contribution >= 4 is 27.5 Å². The van der Waals surface area contributed by atoms with Gasteiger partial charge < -0.3 is 15.5 Å². The van der Waals surface area contributed by atoms with Gasteiger partial charge >= 0.3 is 0 Å². The predicted molar refractivity (Wildman–Crippen MR) is 105 cm³/mol. The third-order valence-electron chi connectivity index (χ3n) is 3.75. The number of likely N-dealkylation sites (N-methyl/N-ethyl adjacent to an activating group) is 1. The van der Waals surface area contributed by atoms with Crippen LogP contribution in [-0.2, 0) is 19.6 Å². The summed E-state index contributed by atoms with van der Waals surface area (Å²) >= 11 is 0. The minimum absolute atomic E-state index is 0.106. The lowest BCUT2D eigenvalue weighted by Crippen LogP contribution is -3.14. The van der Waals surface area contributed by atoms with Crippen LogP contribution in [0.4, 0.5) is 5.69 Å². The summed E-state index contributed by atoms with van der Waals surface area (Å²) in [6.45, 7) is 8.61. The molecule has 0 fully saturated rings. The molecule has 0 radical (unpaired) electrons. The highest BCUT2D eigenvalue weighted by Crippen LogP contribution is 2.16. The van der Waals surface area contributed by atoms with E-state index in [2.05, 4.69) is 10.6 Å².